The fourth-order valence-electron chi connectivity index (χ4n) is 2.91. The molecule has 0 unspecified atom stereocenters. The Morgan fingerprint density at radius 3 is 2.62 bits per heavy atom. The standard InChI is InChI=1S/C16H19N5/c1-12-10-15(3-2-13(12)11-17)20-7-4-14(5-8-20)21-9-6-16(18)19-21/h2-3,6,9-10,14H,4-5,7-8H2,1H3,(H2,18,19). The van der Waals surface area contributed by atoms with Crippen LogP contribution in [0, 0.1) is 18.3 Å². The van der Waals surface area contributed by atoms with Crippen molar-refractivity contribution in [2.45, 2.75) is 25.8 Å². The third-order valence-corrected chi connectivity index (χ3v) is 4.16. The van der Waals surface area contributed by atoms with E-state index in [1.165, 1.54) is 5.69 Å². The quantitative estimate of drug-likeness (QED) is 0.918. The number of aryl methyl sites for hydroxylation is 1. The van der Waals surface area contributed by atoms with E-state index in [1.807, 2.05) is 36.0 Å². The molecule has 5 heteroatoms. The molecule has 2 N–H and O–H groups in total. The first-order valence-electron chi connectivity index (χ1n) is 7.23. The Balaban J connectivity index is 1.68. The Morgan fingerprint density at radius 2 is 2.05 bits per heavy atom. The molecule has 1 aromatic carbocycles. The van der Waals surface area contributed by atoms with E-state index in [1.54, 1.807) is 0 Å². The lowest BCUT2D eigenvalue weighted by atomic mass is 10.0. The van der Waals surface area contributed by atoms with Gasteiger partial charge < -0.3 is 10.6 Å². The Bertz CT molecular complexity index is 674. The van der Waals surface area contributed by atoms with E-state index in [0.717, 1.165) is 37.1 Å². The summed E-state index contributed by atoms with van der Waals surface area (Å²) in [6, 6.07) is 10.5. The third-order valence-electron chi connectivity index (χ3n) is 4.16. The van der Waals surface area contributed by atoms with Crippen LogP contribution in [0.5, 0.6) is 0 Å². The predicted octanol–water partition coefficient (Wildman–Crippen LogP) is 2.49. The topological polar surface area (TPSA) is 70.9 Å². The van der Waals surface area contributed by atoms with Crippen molar-refractivity contribution in [1.29, 1.82) is 5.26 Å². The van der Waals surface area contributed by atoms with Gasteiger partial charge in [-0.2, -0.15) is 10.4 Å². The van der Waals surface area contributed by atoms with Crippen molar-refractivity contribution in [3.63, 3.8) is 0 Å². The maximum atomic E-state index is 9.00. The molecule has 0 aliphatic carbocycles. The van der Waals surface area contributed by atoms with Crippen LogP contribution < -0.4 is 10.6 Å². The molecule has 21 heavy (non-hydrogen) atoms. The average Bonchev–Trinajstić information content (AvgIpc) is 2.94. The molecule has 0 amide bonds. The number of rotatable bonds is 2. The van der Waals surface area contributed by atoms with Crippen molar-refractivity contribution in [1.82, 2.24) is 9.78 Å². The number of hydrogen-bond acceptors (Lipinski definition) is 4. The summed E-state index contributed by atoms with van der Waals surface area (Å²) in [5.41, 5.74) is 8.67. The number of nitrogen functional groups attached to an aromatic ring is 1. The van der Waals surface area contributed by atoms with Gasteiger partial charge in [0.05, 0.1) is 17.7 Å². The summed E-state index contributed by atoms with van der Waals surface area (Å²) in [7, 11) is 0. The molecule has 1 aromatic heterocycles. The largest absolute Gasteiger partial charge is 0.382 e. The second-order valence-corrected chi connectivity index (χ2v) is 5.55. The lowest BCUT2D eigenvalue weighted by Crippen LogP contribution is -2.34. The van der Waals surface area contributed by atoms with Crippen LogP contribution in [0.4, 0.5) is 11.5 Å². The molecule has 1 saturated heterocycles. The molecule has 1 fully saturated rings. The van der Waals surface area contributed by atoms with Crippen molar-refractivity contribution in [2.24, 2.45) is 0 Å². The highest BCUT2D eigenvalue weighted by Gasteiger charge is 2.21. The SMILES string of the molecule is Cc1cc(N2CCC(n3ccc(N)n3)CC2)ccc1C#N. The molecule has 2 aromatic rings. The number of nitrogens with zero attached hydrogens (tertiary/aromatic N) is 4. The molecule has 0 saturated carbocycles. The maximum Gasteiger partial charge on any atom is 0.145 e. The van der Waals surface area contributed by atoms with Crippen LogP contribution in [-0.4, -0.2) is 22.9 Å². The van der Waals surface area contributed by atoms with E-state index in [0.29, 0.717) is 11.9 Å². The van der Waals surface area contributed by atoms with Crippen LogP contribution in [0.1, 0.15) is 30.0 Å². The van der Waals surface area contributed by atoms with Crippen molar-refractivity contribution >= 4 is 11.5 Å². The highest BCUT2D eigenvalue weighted by atomic mass is 15.3. The monoisotopic (exact) mass is 281 g/mol. The van der Waals surface area contributed by atoms with Crippen molar-refractivity contribution < 1.29 is 0 Å². The first-order chi connectivity index (χ1) is 10.2. The molecule has 0 radical (unpaired) electrons. The zero-order valence-corrected chi connectivity index (χ0v) is 12.2. The number of hydrogen-bond donors (Lipinski definition) is 1. The third kappa shape index (κ3) is 2.70. The van der Waals surface area contributed by atoms with E-state index in [4.69, 9.17) is 11.0 Å². The minimum Gasteiger partial charge on any atom is -0.382 e. The molecular weight excluding hydrogens is 262 g/mol. The number of nitrogens with two attached hydrogens (primary N) is 1. The first kappa shape index (κ1) is 13.5. The molecule has 0 spiro atoms. The normalized spacial score (nSPS) is 15.9. The molecule has 0 bridgehead atoms. The zero-order valence-electron chi connectivity index (χ0n) is 12.2. The molecular formula is C16H19N5. The fourth-order valence-corrected chi connectivity index (χ4v) is 2.91. The molecule has 1 aliphatic rings. The highest BCUT2D eigenvalue weighted by molar-refractivity contribution is 5.53. The molecule has 108 valence electrons. The van der Waals surface area contributed by atoms with Crippen LogP contribution >= 0.6 is 0 Å². The maximum absolute atomic E-state index is 9.00. The second kappa shape index (κ2) is 5.49. The van der Waals surface area contributed by atoms with Crippen molar-refractivity contribution in [3.8, 4) is 6.07 Å². The van der Waals surface area contributed by atoms with Gasteiger partial charge in [-0.15, -0.1) is 0 Å². The predicted molar refractivity (Wildman–Crippen MR) is 83.0 cm³/mol. The van der Waals surface area contributed by atoms with E-state index in [2.05, 4.69) is 22.1 Å². The lowest BCUT2D eigenvalue weighted by molar-refractivity contribution is 0.368. The van der Waals surface area contributed by atoms with Crippen LogP contribution in [-0.2, 0) is 0 Å². The van der Waals surface area contributed by atoms with Crippen LogP contribution in [0.25, 0.3) is 0 Å². The van der Waals surface area contributed by atoms with Crippen molar-refractivity contribution in [2.75, 3.05) is 23.7 Å². The fraction of sp³-hybridized carbons (Fsp3) is 0.375. The number of aromatic nitrogens is 2. The highest BCUT2D eigenvalue weighted by Crippen LogP contribution is 2.27. The summed E-state index contributed by atoms with van der Waals surface area (Å²) in [6.07, 6.45) is 4.07. The van der Waals surface area contributed by atoms with Gasteiger partial charge in [-0.3, -0.25) is 4.68 Å². The Morgan fingerprint density at radius 1 is 1.29 bits per heavy atom. The summed E-state index contributed by atoms with van der Waals surface area (Å²) in [6.45, 7) is 3.98. The van der Waals surface area contributed by atoms with Gasteiger partial charge in [-0.05, 0) is 49.6 Å². The van der Waals surface area contributed by atoms with Gasteiger partial charge in [-0.1, -0.05) is 0 Å². The summed E-state index contributed by atoms with van der Waals surface area (Å²) < 4.78 is 1.98. The van der Waals surface area contributed by atoms with E-state index in [-0.39, 0.29) is 0 Å². The minimum atomic E-state index is 0.429. The molecule has 3 rings (SSSR count). The van der Waals surface area contributed by atoms with Gasteiger partial charge in [0.2, 0.25) is 0 Å². The van der Waals surface area contributed by atoms with Gasteiger partial charge in [0.15, 0.2) is 0 Å². The van der Waals surface area contributed by atoms with Gasteiger partial charge in [-0.25, -0.2) is 0 Å². The van der Waals surface area contributed by atoms with Crippen LogP contribution in [0.15, 0.2) is 30.5 Å². The molecule has 2 heterocycles. The smallest absolute Gasteiger partial charge is 0.145 e. The molecule has 5 nitrogen and oxygen atoms in total. The number of benzene rings is 1. The van der Waals surface area contributed by atoms with Crippen molar-refractivity contribution in [3.05, 3.63) is 41.6 Å². The van der Waals surface area contributed by atoms with E-state index in [9.17, 15) is 0 Å². The summed E-state index contributed by atoms with van der Waals surface area (Å²) in [5.74, 6) is 0.583. The molecule has 1 aliphatic heterocycles. The minimum absolute atomic E-state index is 0.429. The summed E-state index contributed by atoms with van der Waals surface area (Å²) in [5, 5.41) is 13.3. The zero-order chi connectivity index (χ0) is 14.8. The van der Waals surface area contributed by atoms with E-state index < -0.39 is 0 Å². The lowest BCUT2D eigenvalue weighted by Gasteiger charge is -2.34. The average molecular weight is 281 g/mol. The van der Waals surface area contributed by atoms with Gasteiger partial charge in [0.1, 0.15) is 5.82 Å². The first-order valence-corrected chi connectivity index (χ1v) is 7.23. The Labute approximate surface area is 124 Å². The second-order valence-electron chi connectivity index (χ2n) is 5.55. The van der Waals surface area contributed by atoms with Gasteiger partial charge in [0, 0.05) is 25.0 Å². The van der Waals surface area contributed by atoms with E-state index >= 15 is 0 Å². The number of anilines is 2. The van der Waals surface area contributed by atoms with Gasteiger partial charge in [0.25, 0.3) is 0 Å². The summed E-state index contributed by atoms with van der Waals surface area (Å²) >= 11 is 0. The Hall–Kier alpha value is -2.48. The number of piperidine rings is 1. The van der Waals surface area contributed by atoms with Crippen LogP contribution in [0.3, 0.4) is 0 Å². The van der Waals surface area contributed by atoms with Gasteiger partial charge >= 0.3 is 0 Å². The van der Waals surface area contributed by atoms with Crippen LogP contribution in [0.2, 0.25) is 0 Å². The number of nitriles is 1. The Kier molecular flexibility index (Phi) is 3.53. The summed E-state index contributed by atoms with van der Waals surface area (Å²) in [4.78, 5) is 2.37. The molecule has 0 atom stereocenters.